The zero-order chi connectivity index (χ0) is 18.7. The first-order valence-electron chi connectivity index (χ1n) is 7.99. The smallest absolute Gasteiger partial charge is 0.229 e. The van der Waals surface area contributed by atoms with Gasteiger partial charge in [0, 0.05) is 23.8 Å². The highest BCUT2D eigenvalue weighted by molar-refractivity contribution is 7.98. The number of benzene rings is 1. The summed E-state index contributed by atoms with van der Waals surface area (Å²) < 4.78 is 27.6. The molecule has 8 heteroatoms. The van der Waals surface area contributed by atoms with E-state index in [4.69, 9.17) is 0 Å². The van der Waals surface area contributed by atoms with Gasteiger partial charge >= 0.3 is 0 Å². The molecule has 0 amide bonds. The van der Waals surface area contributed by atoms with Gasteiger partial charge in [0.05, 0.1) is 11.9 Å². The molecule has 0 aliphatic carbocycles. The van der Waals surface area contributed by atoms with Crippen molar-refractivity contribution in [2.24, 2.45) is 0 Å². The van der Waals surface area contributed by atoms with Gasteiger partial charge < -0.3 is 0 Å². The van der Waals surface area contributed by atoms with Crippen LogP contribution in [0, 0.1) is 13.8 Å². The Bertz CT molecular complexity index is 1010. The van der Waals surface area contributed by atoms with Crippen molar-refractivity contribution in [3.8, 4) is 5.82 Å². The molecule has 136 valence electrons. The molecule has 0 atom stereocenters. The van der Waals surface area contributed by atoms with Gasteiger partial charge in [-0.2, -0.15) is 0 Å². The molecule has 3 rings (SSSR count). The fraction of sp³-hybridized carbons (Fsp3) is 0.222. The van der Waals surface area contributed by atoms with Gasteiger partial charge in [-0.15, -0.1) is 0 Å². The summed E-state index contributed by atoms with van der Waals surface area (Å²) in [4.78, 5) is 8.99. The van der Waals surface area contributed by atoms with Gasteiger partial charge in [-0.05, 0) is 43.2 Å². The van der Waals surface area contributed by atoms with E-state index in [2.05, 4.69) is 14.7 Å². The molecule has 0 fully saturated rings. The van der Waals surface area contributed by atoms with Crippen LogP contribution in [0.3, 0.4) is 0 Å². The van der Waals surface area contributed by atoms with Gasteiger partial charge in [0.15, 0.2) is 5.16 Å². The molecule has 0 aliphatic rings. The molecule has 0 unspecified atom stereocenters. The van der Waals surface area contributed by atoms with Crippen LogP contribution in [0.2, 0.25) is 0 Å². The van der Waals surface area contributed by atoms with Crippen LogP contribution < -0.4 is 4.72 Å². The maximum atomic E-state index is 11.5. The summed E-state index contributed by atoms with van der Waals surface area (Å²) >= 11 is 1.53. The van der Waals surface area contributed by atoms with Gasteiger partial charge in [0.25, 0.3) is 0 Å². The van der Waals surface area contributed by atoms with Gasteiger partial charge in [-0.3, -0.25) is 9.29 Å². The van der Waals surface area contributed by atoms with Crippen molar-refractivity contribution in [3.63, 3.8) is 0 Å². The minimum absolute atomic E-state index is 0.584. The van der Waals surface area contributed by atoms with E-state index in [1.165, 1.54) is 11.8 Å². The molecule has 2 aromatic heterocycles. The third-order valence-corrected chi connectivity index (χ3v) is 5.21. The molecule has 0 radical (unpaired) electrons. The lowest BCUT2D eigenvalue weighted by molar-refractivity contribution is 0.607. The van der Waals surface area contributed by atoms with Crippen molar-refractivity contribution in [1.29, 1.82) is 0 Å². The van der Waals surface area contributed by atoms with Crippen LogP contribution in [-0.4, -0.2) is 29.2 Å². The molecule has 0 saturated heterocycles. The van der Waals surface area contributed by atoms with Gasteiger partial charge in [-0.25, -0.2) is 18.4 Å². The fourth-order valence-corrected chi connectivity index (χ4v) is 4.17. The highest BCUT2D eigenvalue weighted by atomic mass is 32.2. The first-order valence-corrected chi connectivity index (χ1v) is 10.9. The molecule has 1 aromatic carbocycles. The van der Waals surface area contributed by atoms with E-state index >= 15 is 0 Å². The zero-order valence-corrected chi connectivity index (χ0v) is 16.4. The number of hydrogen-bond donors (Lipinski definition) is 1. The second-order valence-corrected chi connectivity index (χ2v) is 8.73. The van der Waals surface area contributed by atoms with E-state index in [0.717, 1.165) is 34.1 Å². The lowest BCUT2D eigenvalue weighted by atomic mass is 10.2. The third-order valence-electron chi connectivity index (χ3n) is 3.61. The maximum Gasteiger partial charge on any atom is 0.229 e. The highest BCUT2D eigenvalue weighted by Crippen LogP contribution is 2.27. The average molecular weight is 389 g/mol. The van der Waals surface area contributed by atoms with Crippen LogP contribution >= 0.6 is 11.8 Å². The van der Waals surface area contributed by atoms with E-state index in [1.54, 1.807) is 12.3 Å². The SMILES string of the molecule is Cc1cc(C)nc(-n2ccnc2SCc2ccccc2NS(C)(=O)=O)c1. The molecule has 0 saturated carbocycles. The number of thioether (sulfide) groups is 1. The third kappa shape index (κ3) is 4.64. The number of anilines is 1. The lowest BCUT2D eigenvalue weighted by Crippen LogP contribution is -2.11. The Hall–Kier alpha value is -2.32. The van der Waals surface area contributed by atoms with Crippen molar-refractivity contribution in [1.82, 2.24) is 14.5 Å². The predicted octanol–water partition coefficient (Wildman–Crippen LogP) is 3.55. The quantitative estimate of drug-likeness (QED) is 0.654. The molecule has 26 heavy (non-hydrogen) atoms. The lowest BCUT2D eigenvalue weighted by Gasteiger charge is -2.11. The normalized spacial score (nSPS) is 11.5. The van der Waals surface area contributed by atoms with Crippen molar-refractivity contribution in [2.75, 3.05) is 11.0 Å². The number of nitrogens with zero attached hydrogens (tertiary/aromatic N) is 3. The summed E-state index contributed by atoms with van der Waals surface area (Å²) in [7, 11) is -3.32. The Labute approximate surface area is 157 Å². The fourth-order valence-electron chi connectivity index (χ4n) is 2.60. The predicted molar refractivity (Wildman–Crippen MR) is 105 cm³/mol. The minimum atomic E-state index is -3.32. The molecule has 6 nitrogen and oxygen atoms in total. The standard InChI is InChI=1S/C18H20N4O2S2/c1-13-10-14(2)20-17(11-13)22-9-8-19-18(22)25-12-15-6-4-5-7-16(15)21-26(3,23)24/h4-11,21H,12H2,1-3H3. The van der Waals surface area contributed by atoms with Gasteiger partial charge in [0.2, 0.25) is 10.0 Å². The number of sulfonamides is 1. The Morgan fingerprint density at radius 1 is 1.19 bits per heavy atom. The van der Waals surface area contributed by atoms with Gasteiger partial charge in [-0.1, -0.05) is 30.0 Å². The molecule has 0 spiro atoms. The van der Waals surface area contributed by atoms with Crippen molar-refractivity contribution < 1.29 is 8.42 Å². The number of imidazole rings is 1. The Morgan fingerprint density at radius 2 is 1.96 bits per heavy atom. The summed E-state index contributed by atoms with van der Waals surface area (Å²) in [6.07, 6.45) is 4.77. The Kier molecular flexibility index (Phi) is 5.33. The van der Waals surface area contributed by atoms with Crippen molar-refractivity contribution >= 4 is 27.5 Å². The van der Waals surface area contributed by atoms with Crippen molar-refractivity contribution in [3.05, 3.63) is 65.6 Å². The molecular weight excluding hydrogens is 368 g/mol. The van der Waals surface area contributed by atoms with Crippen LogP contribution in [0.25, 0.3) is 5.82 Å². The number of aromatic nitrogens is 3. The monoisotopic (exact) mass is 388 g/mol. The molecule has 0 aliphatic heterocycles. The molecule has 0 bridgehead atoms. The Balaban J connectivity index is 1.83. The molecule has 3 aromatic rings. The Morgan fingerprint density at radius 3 is 2.69 bits per heavy atom. The second-order valence-electron chi connectivity index (χ2n) is 6.04. The van der Waals surface area contributed by atoms with Crippen LogP contribution in [0.5, 0.6) is 0 Å². The summed E-state index contributed by atoms with van der Waals surface area (Å²) in [5.74, 6) is 1.41. The van der Waals surface area contributed by atoms with E-state index in [0.29, 0.717) is 11.4 Å². The zero-order valence-electron chi connectivity index (χ0n) is 14.8. The van der Waals surface area contributed by atoms with E-state index in [-0.39, 0.29) is 0 Å². The topological polar surface area (TPSA) is 76.9 Å². The summed E-state index contributed by atoms with van der Waals surface area (Å²) in [6, 6.07) is 11.4. The molecular formula is C18H20N4O2S2. The first kappa shape index (κ1) is 18.5. The number of para-hydroxylation sites is 1. The number of nitrogens with one attached hydrogen (secondary N) is 1. The highest BCUT2D eigenvalue weighted by Gasteiger charge is 2.11. The number of aryl methyl sites for hydroxylation is 2. The minimum Gasteiger partial charge on any atom is -0.283 e. The molecule has 2 heterocycles. The van der Waals surface area contributed by atoms with Crippen LogP contribution in [-0.2, 0) is 15.8 Å². The van der Waals surface area contributed by atoms with E-state index in [1.807, 2.05) is 54.9 Å². The van der Waals surface area contributed by atoms with E-state index in [9.17, 15) is 8.42 Å². The molecule has 1 N–H and O–H groups in total. The van der Waals surface area contributed by atoms with Crippen LogP contribution in [0.4, 0.5) is 5.69 Å². The average Bonchev–Trinajstić information content (AvgIpc) is 3.00. The summed E-state index contributed by atoms with van der Waals surface area (Å²) in [5.41, 5.74) is 3.57. The summed E-state index contributed by atoms with van der Waals surface area (Å²) in [5, 5.41) is 0.802. The second kappa shape index (κ2) is 7.51. The van der Waals surface area contributed by atoms with Crippen LogP contribution in [0.1, 0.15) is 16.8 Å². The summed E-state index contributed by atoms with van der Waals surface area (Å²) in [6.45, 7) is 4.00. The number of pyridine rings is 1. The first-order chi connectivity index (χ1) is 12.3. The van der Waals surface area contributed by atoms with E-state index < -0.39 is 10.0 Å². The number of rotatable bonds is 6. The maximum absolute atomic E-state index is 11.5. The largest absolute Gasteiger partial charge is 0.283 e. The van der Waals surface area contributed by atoms with Crippen LogP contribution in [0.15, 0.2) is 53.9 Å². The number of hydrogen-bond acceptors (Lipinski definition) is 5. The van der Waals surface area contributed by atoms with Gasteiger partial charge in [0.1, 0.15) is 5.82 Å². The van der Waals surface area contributed by atoms with Crippen molar-refractivity contribution in [2.45, 2.75) is 24.8 Å².